The van der Waals surface area contributed by atoms with Crippen LogP contribution in [0, 0.1) is 0 Å². The van der Waals surface area contributed by atoms with Gasteiger partial charge >= 0.3 is 6.03 Å². The molecule has 138 valence electrons. The molecule has 3 rings (SSSR count). The van der Waals surface area contributed by atoms with Gasteiger partial charge in [-0.1, -0.05) is 18.2 Å². The molecule has 1 N–H and O–H groups in total. The topological polar surface area (TPSA) is 48.1 Å². The average molecular weight is 346 g/mol. The number of urea groups is 1. The first kappa shape index (κ1) is 18.0. The minimum absolute atomic E-state index is 0.0329. The van der Waals surface area contributed by atoms with Gasteiger partial charge in [-0.05, 0) is 26.0 Å². The Kier molecular flexibility index (Phi) is 6.15. The fourth-order valence-electron chi connectivity index (χ4n) is 3.57. The van der Waals surface area contributed by atoms with Crippen LogP contribution < -0.4 is 10.2 Å². The van der Waals surface area contributed by atoms with E-state index < -0.39 is 0 Å². The van der Waals surface area contributed by atoms with Crippen LogP contribution in [0.25, 0.3) is 0 Å². The van der Waals surface area contributed by atoms with E-state index in [0.717, 1.165) is 32.7 Å². The normalized spacial score (nSPS) is 23.4. The van der Waals surface area contributed by atoms with Gasteiger partial charge in [-0.3, -0.25) is 4.90 Å². The molecule has 6 heteroatoms. The summed E-state index contributed by atoms with van der Waals surface area (Å²) in [6.07, 6.45) is 0.126. The molecule has 2 saturated heterocycles. The lowest BCUT2D eigenvalue weighted by Gasteiger charge is -2.38. The average Bonchev–Trinajstić information content (AvgIpc) is 2.63. The number of ether oxygens (including phenoxy) is 1. The first-order valence-corrected chi connectivity index (χ1v) is 9.31. The van der Waals surface area contributed by atoms with Crippen molar-refractivity contribution in [2.24, 2.45) is 0 Å². The number of amides is 2. The van der Waals surface area contributed by atoms with Crippen LogP contribution in [-0.4, -0.2) is 80.4 Å². The number of morpholine rings is 1. The molecule has 0 saturated carbocycles. The van der Waals surface area contributed by atoms with E-state index in [0.29, 0.717) is 19.7 Å². The zero-order valence-corrected chi connectivity index (χ0v) is 15.4. The van der Waals surface area contributed by atoms with Crippen molar-refractivity contribution >= 4 is 11.7 Å². The molecule has 0 radical (unpaired) electrons. The van der Waals surface area contributed by atoms with Gasteiger partial charge in [0.2, 0.25) is 0 Å². The molecule has 2 aliphatic heterocycles. The third kappa shape index (κ3) is 5.09. The lowest BCUT2D eigenvalue weighted by atomic mass is 10.2. The summed E-state index contributed by atoms with van der Waals surface area (Å²) in [5.74, 6) is 0. The van der Waals surface area contributed by atoms with Gasteiger partial charge in [-0.2, -0.15) is 0 Å². The van der Waals surface area contributed by atoms with E-state index in [1.54, 1.807) is 0 Å². The number of nitrogens with one attached hydrogen (secondary N) is 1. The molecule has 0 aromatic heterocycles. The third-order valence-electron chi connectivity index (χ3n) is 4.92. The molecule has 1 aromatic carbocycles. The van der Waals surface area contributed by atoms with Crippen molar-refractivity contribution in [1.82, 2.24) is 15.1 Å². The Morgan fingerprint density at radius 3 is 2.60 bits per heavy atom. The van der Waals surface area contributed by atoms with E-state index in [1.165, 1.54) is 5.69 Å². The minimum atomic E-state index is 0.0329. The summed E-state index contributed by atoms with van der Waals surface area (Å²) in [5.41, 5.74) is 1.30. The molecule has 1 aromatic rings. The number of nitrogens with zero attached hydrogens (tertiary/aromatic N) is 3. The van der Waals surface area contributed by atoms with Crippen LogP contribution in [0.4, 0.5) is 10.5 Å². The van der Waals surface area contributed by atoms with Gasteiger partial charge < -0.3 is 19.9 Å². The van der Waals surface area contributed by atoms with Gasteiger partial charge in [0.1, 0.15) is 0 Å². The Morgan fingerprint density at radius 1 is 1.20 bits per heavy atom. The second kappa shape index (κ2) is 8.54. The number of piperazine rings is 1. The maximum Gasteiger partial charge on any atom is 0.317 e. The van der Waals surface area contributed by atoms with Crippen molar-refractivity contribution in [3.05, 3.63) is 30.3 Å². The van der Waals surface area contributed by atoms with Gasteiger partial charge in [0.05, 0.1) is 12.7 Å². The van der Waals surface area contributed by atoms with Crippen molar-refractivity contribution < 1.29 is 9.53 Å². The second-order valence-corrected chi connectivity index (χ2v) is 7.10. The summed E-state index contributed by atoms with van der Waals surface area (Å²) in [6.45, 7) is 11.1. The molecule has 0 aliphatic carbocycles. The van der Waals surface area contributed by atoms with E-state index in [-0.39, 0.29) is 18.2 Å². The molecule has 0 bridgehead atoms. The first-order chi connectivity index (χ1) is 12.1. The van der Waals surface area contributed by atoms with Crippen molar-refractivity contribution in [2.45, 2.75) is 26.0 Å². The highest BCUT2D eigenvalue weighted by Gasteiger charge is 2.24. The summed E-state index contributed by atoms with van der Waals surface area (Å²) in [6, 6.07) is 10.8. The number of rotatable bonds is 4. The second-order valence-electron chi connectivity index (χ2n) is 7.10. The van der Waals surface area contributed by atoms with Gasteiger partial charge in [-0.25, -0.2) is 4.79 Å². The molecular formula is C19H30N4O2. The Balaban J connectivity index is 1.40. The predicted molar refractivity (Wildman–Crippen MR) is 100 cm³/mol. The van der Waals surface area contributed by atoms with E-state index in [4.69, 9.17) is 4.74 Å². The fraction of sp³-hybridized carbons (Fsp3) is 0.632. The third-order valence-corrected chi connectivity index (χ3v) is 4.92. The maximum absolute atomic E-state index is 12.4. The van der Waals surface area contributed by atoms with E-state index in [2.05, 4.69) is 52.4 Å². The highest BCUT2D eigenvalue weighted by Crippen LogP contribution is 2.15. The molecule has 2 amide bonds. The zero-order chi connectivity index (χ0) is 17.6. The Morgan fingerprint density at radius 2 is 1.92 bits per heavy atom. The highest BCUT2D eigenvalue weighted by atomic mass is 16.5. The van der Waals surface area contributed by atoms with Crippen LogP contribution in [0.15, 0.2) is 30.3 Å². The summed E-state index contributed by atoms with van der Waals surface area (Å²) < 4.78 is 5.50. The van der Waals surface area contributed by atoms with Crippen molar-refractivity contribution in [3.8, 4) is 0 Å². The van der Waals surface area contributed by atoms with Crippen molar-refractivity contribution in [2.75, 3.05) is 57.3 Å². The number of hydrogen-bond acceptors (Lipinski definition) is 4. The molecule has 2 aliphatic rings. The Labute approximate surface area is 150 Å². The number of carbonyl (C=O) groups is 1. The number of benzene rings is 1. The van der Waals surface area contributed by atoms with E-state index in [1.807, 2.05) is 11.8 Å². The first-order valence-electron chi connectivity index (χ1n) is 9.31. The molecule has 0 unspecified atom stereocenters. The molecule has 2 fully saturated rings. The Hall–Kier alpha value is -1.79. The van der Waals surface area contributed by atoms with Crippen LogP contribution in [0.1, 0.15) is 13.8 Å². The molecule has 25 heavy (non-hydrogen) atoms. The van der Waals surface area contributed by atoms with Gasteiger partial charge in [-0.15, -0.1) is 0 Å². The molecular weight excluding hydrogens is 316 g/mol. The van der Waals surface area contributed by atoms with Crippen LogP contribution in [-0.2, 0) is 4.74 Å². The molecule has 0 spiro atoms. The van der Waals surface area contributed by atoms with E-state index >= 15 is 0 Å². The van der Waals surface area contributed by atoms with Crippen LogP contribution >= 0.6 is 0 Å². The standard InChI is InChI=1S/C19H30N4O2/c1-16(20-19(24)23-12-13-25-17(2)15-23)14-21-8-10-22(11-9-21)18-6-4-3-5-7-18/h3-7,16-17H,8-15H2,1-2H3,(H,20,24)/t16-,17+/m0/s1. The van der Waals surface area contributed by atoms with Gasteiger partial charge in [0, 0.05) is 57.5 Å². The van der Waals surface area contributed by atoms with Crippen LogP contribution in [0.3, 0.4) is 0 Å². The molecule has 2 atom stereocenters. The number of carbonyl (C=O) groups excluding carboxylic acids is 1. The highest BCUT2D eigenvalue weighted by molar-refractivity contribution is 5.74. The lowest BCUT2D eigenvalue weighted by Crippen LogP contribution is -2.54. The summed E-state index contributed by atoms with van der Waals surface area (Å²) >= 11 is 0. The summed E-state index contributed by atoms with van der Waals surface area (Å²) in [4.78, 5) is 19.1. The number of hydrogen-bond donors (Lipinski definition) is 1. The number of anilines is 1. The SMILES string of the molecule is C[C@@H]1CN(C(=O)N[C@@H](C)CN2CCN(c3ccccc3)CC2)CCO1. The largest absolute Gasteiger partial charge is 0.375 e. The summed E-state index contributed by atoms with van der Waals surface area (Å²) in [7, 11) is 0. The quantitative estimate of drug-likeness (QED) is 0.900. The molecule has 6 nitrogen and oxygen atoms in total. The van der Waals surface area contributed by atoms with E-state index in [9.17, 15) is 4.79 Å². The van der Waals surface area contributed by atoms with Crippen molar-refractivity contribution in [3.63, 3.8) is 0 Å². The smallest absolute Gasteiger partial charge is 0.317 e. The van der Waals surface area contributed by atoms with Crippen LogP contribution in [0.2, 0.25) is 0 Å². The Bertz CT molecular complexity index is 546. The maximum atomic E-state index is 12.4. The monoisotopic (exact) mass is 346 g/mol. The van der Waals surface area contributed by atoms with Crippen LogP contribution in [0.5, 0.6) is 0 Å². The fourth-order valence-corrected chi connectivity index (χ4v) is 3.57. The van der Waals surface area contributed by atoms with Gasteiger partial charge in [0.25, 0.3) is 0 Å². The summed E-state index contributed by atoms with van der Waals surface area (Å²) in [5, 5.41) is 3.14. The minimum Gasteiger partial charge on any atom is -0.375 e. The van der Waals surface area contributed by atoms with Crippen molar-refractivity contribution in [1.29, 1.82) is 0 Å². The number of para-hydroxylation sites is 1. The zero-order valence-electron chi connectivity index (χ0n) is 15.4. The van der Waals surface area contributed by atoms with Gasteiger partial charge in [0.15, 0.2) is 0 Å². The lowest BCUT2D eigenvalue weighted by molar-refractivity contribution is -0.00394. The molecule has 2 heterocycles. The predicted octanol–water partition coefficient (Wildman–Crippen LogP) is 1.63.